The fourth-order valence-electron chi connectivity index (χ4n) is 2.03. The second-order valence-electron chi connectivity index (χ2n) is 4.58. The summed E-state index contributed by atoms with van der Waals surface area (Å²) in [4.78, 5) is 0. The molecule has 0 aliphatic rings. The van der Waals surface area contributed by atoms with Crippen molar-refractivity contribution >= 4 is 0 Å². The SMILES string of the molecule is C=CCCCCCCCCc1ccccc1O. The predicted octanol–water partition coefficient (Wildman–Crippen LogP) is 4.85. The molecule has 1 nitrogen and oxygen atoms in total. The molecule has 0 amide bonds. The lowest BCUT2D eigenvalue weighted by Gasteiger charge is -2.04. The van der Waals surface area contributed by atoms with Crippen molar-refractivity contribution in [2.75, 3.05) is 0 Å². The van der Waals surface area contributed by atoms with Crippen LogP contribution >= 0.6 is 0 Å². The van der Waals surface area contributed by atoms with Gasteiger partial charge >= 0.3 is 0 Å². The van der Waals surface area contributed by atoms with E-state index in [0.717, 1.165) is 18.4 Å². The van der Waals surface area contributed by atoms with E-state index in [4.69, 9.17) is 0 Å². The Morgan fingerprint density at radius 1 is 0.941 bits per heavy atom. The summed E-state index contributed by atoms with van der Waals surface area (Å²) in [5.41, 5.74) is 1.08. The number of aryl methyl sites for hydroxylation is 1. The lowest BCUT2D eigenvalue weighted by Crippen LogP contribution is -1.87. The zero-order chi connectivity index (χ0) is 12.3. The van der Waals surface area contributed by atoms with E-state index in [0.29, 0.717) is 5.75 Å². The third-order valence-electron chi connectivity index (χ3n) is 3.10. The van der Waals surface area contributed by atoms with Crippen LogP contribution in [0.15, 0.2) is 36.9 Å². The highest BCUT2D eigenvalue weighted by molar-refractivity contribution is 5.31. The number of benzene rings is 1. The van der Waals surface area contributed by atoms with Crippen molar-refractivity contribution in [3.63, 3.8) is 0 Å². The number of allylic oxidation sites excluding steroid dienone is 1. The van der Waals surface area contributed by atoms with Crippen molar-refractivity contribution in [1.29, 1.82) is 0 Å². The molecule has 0 aromatic heterocycles. The molecule has 17 heavy (non-hydrogen) atoms. The molecule has 1 heteroatoms. The highest BCUT2D eigenvalue weighted by Crippen LogP contribution is 2.18. The zero-order valence-corrected chi connectivity index (χ0v) is 10.7. The van der Waals surface area contributed by atoms with Gasteiger partial charge in [0.25, 0.3) is 0 Å². The van der Waals surface area contributed by atoms with Gasteiger partial charge in [-0.25, -0.2) is 0 Å². The quantitative estimate of drug-likeness (QED) is 0.476. The maximum atomic E-state index is 9.60. The van der Waals surface area contributed by atoms with Crippen LogP contribution in [0.25, 0.3) is 0 Å². The first kappa shape index (κ1) is 13.8. The third kappa shape index (κ3) is 6.15. The van der Waals surface area contributed by atoms with E-state index in [1.54, 1.807) is 6.07 Å². The minimum atomic E-state index is 0.443. The van der Waals surface area contributed by atoms with Crippen LogP contribution in [-0.2, 0) is 6.42 Å². The molecule has 1 rings (SSSR count). The Morgan fingerprint density at radius 3 is 2.29 bits per heavy atom. The molecular formula is C16H24O. The van der Waals surface area contributed by atoms with Gasteiger partial charge in [0.2, 0.25) is 0 Å². The molecule has 1 N–H and O–H groups in total. The molecule has 0 saturated carbocycles. The third-order valence-corrected chi connectivity index (χ3v) is 3.10. The molecule has 1 aromatic carbocycles. The van der Waals surface area contributed by atoms with E-state index < -0.39 is 0 Å². The Morgan fingerprint density at radius 2 is 1.59 bits per heavy atom. The van der Waals surface area contributed by atoms with Crippen molar-refractivity contribution < 1.29 is 5.11 Å². The molecule has 0 unspecified atom stereocenters. The van der Waals surface area contributed by atoms with Gasteiger partial charge in [0.1, 0.15) is 5.75 Å². The molecular weight excluding hydrogens is 208 g/mol. The minimum Gasteiger partial charge on any atom is -0.508 e. The number of para-hydroxylation sites is 1. The highest BCUT2D eigenvalue weighted by atomic mass is 16.3. The van der Waals surface area contributed by atoms with Gasteiger partial charge in [-0.3, -0.25) is 0 Å². The van der Waals surface area contributed by atoms with Crippen LogP contribution in [0.5, 0.6) is 5.75 Å². The fraction of sp³-hybridized carbons (Fsp3) is 0.500. The van der Waals surface area contributed by atoms with Crippen LogP contribution in [0, 0.1) is 0 Å². The van der Waals surface area contributed by atoms with Gasteiger partial charge in [-0.15, -0.1) is 6.58 Å². The van der Waals surface area contributed by atoms with E-state index >= 15 is 0 Å². The summed E-state index contributed by atoms with van der Waals surface area (Å²) >= 11 is 0. The predicted molar refractivity (Wildman–Crippen MR) is 74.3 cm³/mol. The Bertz CT molecular complexity index is 317. The topological polar surface area (TPSA) is 20.2 Å². The smallest absolute Gasteiger partial charge is 0.118 e. The Balaban J connectivity index is 2.01. The summed E-state index contributed by atoms with van der Waals surface area (Å²) in [6.45, 7) is 3.73. The van der Waals surface area contributed by atoms with Gasteiger partial charge in [-0.1, -0.05) is 50.0 Å². The summed E-state index contributed by atoms with van der Waals surface area (Å²) in [6.07, 6.45) is 11.8. The number of phenolic OH excluding ortho intramolecular Hbond substituents is 1. The molecule has 0 saturated heterocycles. The van der Waals surface area contributed by atoms with E-state index in [1.807, 2.05) is 24.3 Å². The van der Waals surface area contributed by atoms with Gasteiger partial charge in [0.05, 0.1) is 0 Å². The van der Waals surface area contributed by atoms with Crippen molar-refractivity contribution in [1.82, 2.24) is 0 Å². The summed E-state index contributed by atoms with van der Waals surface area (Å²) in [6, 6.07) is 7.65. The van der Waals surface area contributed by atoms with Crippen molar-refractivity contribution in [3.05, 3.63) is 42.5 Å². The molecule has 0 radical (unpaired) electrons. The van der Waals surface area contributed by atoms with Crippen molar-refractivity contribution in [3.8, 4) is 5.75 Å². The van der Waals surface area contributed by atoms with Crippen LogP contribution < -0.4 is 0 Å². The Hall–Kier alpha value is -1.24. The van der Waals surface area contributed by atoms with E-state index in [-0.39, 0.29) is 0 Å². The molecule has 1 aromatic rings. The zero-order valence-electron chi connectivity index (χ0n) is 10.7. The maximum absolute atomic E-state index is 9.60. The summed E-state index contributed by atoms with van der Waals surface area (Å²) in [5, 5.41) is 9.60. The Labute approximate surface area is 105 Å². The number of phenols is 1. The number of aromatic hydroxyl groups is 1. The molecule has 0 aliphatic heterocycles. The average molecular weight is 232 g/mol. The fourth-order valence-corrected chi connectivity index (χ4v) is 2.03. The first-order chi connectivity index (χ1) is 8.34. The standard InChI is InChI=1S/C16H24O/c1-2-3-4-5-6-7-8-9-12-15-13-10-11-14-16(15)17/h2,10-11,13-14,17H,1,3-9,12H2. The maximum Gasteiger partial charge on any atom is 0.118 e. The van der Waals surface area contributed by atoms with Crippen molar-refractivity contribution in [2.24, 2.45) is 0 Å². The Kier molecular flexibility index (Phi) is 7.20. The van der Waals surface area contributed by atoms with Gasteiger partial charge in [0, 0.05) is 0 Å². The molecule has 0 atom stereocenters. The largest absolute Gasteiger partial charge is 0.508 e. The lowest BCUT2D eigenvalue weighted by molar-refractivity contribution is 0.466. The second kappa shape index (κ2) is 8.86. The van der Waals surface area contributed by atoms with Gasteiger partial charge in [-0.2, -0.15) is 0 Å². The molecule has 0 aliphatic carbocycles. The van der Waals surface area contributed by atoms with Crippen LogP contribution in [0.4, 0.5) is 0 Å². The number of hydrogen-bond donors (Lipinski definition) is 1. The number of hydrogen-bond acceptors (Lipinski definition) is 1. The van der Waals surface area contributed by atoms with E-state index in [1.165, 1.54) is 38.5 Å². The normalized spacial score (nSPS) is 10.4. The van der Waals surface area contributed by atoms with Gasteiger partial charge < -0.3 is 5.11 Å². The second-order valence-corrected chi connectivity index (χ2v) is 4.58. The van der Waals surface area contributed by atoms with Crippen LogP contribution in [0.1, 0.15) is 50.5 Å². The molecule has 0 heterocycles. The van der Waals surface area contributed by atoms with Crippen LogP contribution in [-0.4, -0.2) is 5.11 Å². The van der Waals surface area contributed by atoms with Crippen LogP contribution in [0.3, 0.4) is 0 Å². The van der Waals surface area contributed by atoms with E-state index in [2.05, 4.69) is 6.58 Å². The van der Waals surface area contributed by atoms with E-state index in [9.17, 15) is 5.11 Å². The van der Waals surface area contributed by atoms with Gasteiger partial charge in [0.15, 0.2) is 0 Å². The lowest BCUT2D eigenvalue weighted by atomic mass is 10.0. The highest BCUT2D eigenvalue weighted by Gasteiger charge is 1.98. The minimum absolute atomic E-state index is 0.443. The summed E-state index contributed by atoms with van der Waals surface area (Å²) in [7, 11) is 0. The van der Waals surface area contributed by atoms with Crippen LogP contribution in [0.2, 0.25) is 0 Å². The summed E-state index contributed by atoms with van der Waals surface area (Å²) < 4.78 is 0. The van der Waals surface area contributed by atoms with Crippen molar-refractivity contribution in [2.45, 2.75) is 51.4 Å². The summed E-state index contributed by atoms with van der Waals surface area (Å²) in [5.74, 6) is 0.443. The monoisotopic (exact) mass is 232 g/mol. The molecule has 0 fully saturated rings. The van der Waals surface area contributed by atoms with Gasteiger partial charge in [-0.05, 0) is 37.3 Å². The first-order valence-electron chi connectivity index (χ1n) is 6.72. The number of rotatable bonds is 9. The molecule has 94 valence electrons. The molecule has 0 spiro atoms. The first-order valence-corrected chi connectivity index (χ1v) is 6.72. The molecule has 0 bridgehead atoms. The average Bonchev–Trinajstić information content (AvgIpc) is 2.35. The number of unbranched alkanes of at least 4 members (excludes halogenated alkanes) is 6.